The van der Waals surface area contributed by atoms with Crippen LogP contribution in [-0.4, -0.2) is 44.0 Å². The van der Waals surface area contributed by atoms with Gasteiger partial charge in [-0.15, -0.1) is 0 Å². The Morgan fingerprint density at radius 3 is 2.52 bits per heavy atom. The first kappa shape index (κ1) is 17.0. The van der Waals surface area contributed by atoms with E-state index in [4.69, 9.17) is 0 Å². The summed E-state index contributed by atoms with van der Waals surface area (Å²) in [6.07, 6.45) is 0.420. The molecule has 116 valence electrons. The maximum Gasteiger partial charge on any atom is 0.223 e. The van der Waals surface area contributed by atoms with Gasteiger partial charge in [0.15, 0.2) is 5.96 Å². The molecule has 5 heteroatoms. The minimum Gasteiger partial charge on any atom is -0.357 e. The van der Waals surface area contributed by atoms with Gasteiger partial charge < -0.3 is 15.5 Å². The van der Waals surface area contributed by atoms with Crippen LogP contribution in [0.1, 0.15) is 31.9 Å². The molecule has 0 fully saturated rings. The molecule has 0 spiro atoms. The van der Waals surface area contributed by atoms with Gasteiger partial charge >= 0.3 is 0 Å². The molecule has 1 rings (SSSR count). The number of hydrogen-bond donors (Lipinski definition) is 2. The molecule has 0 bridgehead atoms. The summed E-state index contributed by atoms with van der Waals surface area (Å²) in [5, 5.41) is 6.55. The van der Waals surface area contributed by atoms with E-state index < -0.39 is 0 Å². The minimum absolute atomic E-state index is 0.0886. The number of aliphatic imine (C=N–C) groups is 1. The summed E-state index contributed by atoms with van der Waals surface area (Å²) in [6.45, 7) is 5.38. The fourth-order valence-electron chi connectivity index (χ4n) is 1.84. The third-order valence-electron chi connectivity index (χ3n) is 3.09. The highest BCUT2D eigenvalue weighted by atomic mass is 16.2. The van der Waals surface area contributed by atoms with Crippen molar-refractivity contribution in [2.75, 3.05) is 27.2 Å². The number of carbonyl (C=O) groups is 1. The van der Waals surface area contributed by atoms with E-state index in [1.807, 2.05) is 25.1 Å². The summed E-state index contributed by atoms with van der Waals surface area (Å²) in [7, 11) is 3.51. The highest BCUT2D eigenvalue weighted by Gasteiger charge is 2.07. The van der Waals surface area contributed by atoms with Crippen molar-refractivity contribution < 1.29 is 4.79 Å². The fraction of sp³-hybridized carbons (Fsp3) is 0.500. The largest absolute Gasteiger partial charge is 0.357 e. The van der Waals surface area contributed by atoms with Gasteiger partial charge in [0.1, 0.15) is 0 Å². The lowest BCUT2D eigenvalue weighted by molar-refractivity contribution is -0.128. The minimum atomic E-state index is 0.0886. The van der Waals surface area contributed by atoms with E-state index in [9.17, 15) is 4.79 Å². The lowest BCUT2D eigenvalue weighted by Gasteiger charge is -2.18. The van der Waals surface area contributed by atoms with Crippen LogP contribution in [0.3, 0.4) is 0 Å². The molecular formula is C16H26N4O. The van der Waals surface area contributed by atoms with E-state index >= 15 is 0 Å². The maximum absolute atomic E-state index is 11.5. The van der Waals surface area contributed by atoms with E-state index in [2.05, 4.69) is 34.7 Å². The number of rotatable bonds is 6. The number of guanidine groups is 1. The van der Waals surface area contributed by atoms with Crippen molar-refractivity contribution in [1.82, 2.24) is 15.5 Å². The molecule has 1 amide bonds. The predicted molar refractivity (Wildman–Crippen MR) is 87.3 cm³/mol. The summed E-state index contributed by atoms with van der Waals surface area (Å²) in [4.78, 5) is 17.6. The van der Waals surface area contributed by atoms with Crippen molar-refractivity contribution in [3.63, 3.8) is 0 Å². The highest BCUT2D eigenvalue weighted by Crippen LogP contribution is 2.10. The molecular weight excluding hydrogens is 264 g/mol. The van der Waals surface area contributed by atoms with Crippen LogP contribution in [0.5, 0.6) is 0 Å². The van der Waals surface area contributed by atoms with Crippen molar-refractivity contribution >= 4 is 11.9 Å². The molecule has 0 aromatic heterocycles. The normalized spacial score (nSPS) is 12.7. The zero-order valence-corrected chi connectivity index (χ0v) is 13.4. The monoisotopic (exact) mass is 290 g/mol. The quantitative estimate of drug-likeness (QED) is 0.620. The van der Waals surface area contributed by atoms with E-state index in [0.29, 0.717) is 13.0 Å². The number of amides is 1. The number of benzene rings is 1. The second kappa shape index (κ2) is 9.00. The van der Waals surface area contributed by atoms with Crippen LogP contribution in [0.4, 0.5) is 0 Å². The molecule has 0 heterocycles. The zero-order chi connectivity index (χ0) is 15.7. The van der Waals surface area contributed by atoms with E-state index in [0.717, 1.165) is 12.5 Å². The van der Waals surface area contributed by atoms with Crippen molar-refractivity contribution in [1.29, 1.82) is 0 Å². The van der Waals surface area contributed by atoms with Gasteiger partial charge in [-0.3, -0.25) is 9.79 Å². The van der Waals surface area contributed by atoms with Crippen LogP contribution in [0.25, 0.3) is 0 Å². The Balaban J connectivity index is 2.58. The van der Waals surface area contributed by atoms with E-state index in [1.54, 1.807) is 19.0 Å². The number of carbonyl (C=O) groups excluding carboxylic acids is 1. The Labute approximate surface area is 127 Å². The maximum atomic E-state index is 11.5. The van der Waals surface area contributed by atoms with Crippen molar-refractivity contribution in [2.24, 2.45) is 4.99 Å². The first-order valence-electron chi connectivity index (χ1n) is 7.34. The van der Waals surface area contributed by atoms with Gasteiger partial charge in [0.05, 0.1) is 12.6 Å². The van der Waals surface area contributed by atoms with Crippen LogP contribution in [0, 0.1) is 0 Å². The van der Waals surface area contributed by atoms with Crippen LogP contribution in [0.2, 0.25) is 0 Å². The Kier molecular flexibility index (Phi) is 7.29. The summed E-state index contributed by atoms with van der Waals surface area (Å²) < 4.78 is 0. The standard InChI is InChI=1S/C16H26N4O/c1-5-17-16(18-12-11-15(21)20(3)4)19-13(2)14-9-7-6-8-10-14/h6-10,13H,5,11-12H2,1-4H3,(H2,17,18,19). The molecule has 0 aliphatic heterocycles. The molecule has 0 saturated heterocycles. The second-order valence-corrected chi connectivity index (χ2v) is 5.08. The second-order valence-electron chi connectivity index (χ2n) is 5.08. The van der Waals surface area contributed by atoms with Crippen LogP contribution >= 0.6 is 0 Å². The molecule has 0 saturated carbocycles. The number of nitrogens with zero attached hydrogens (tertiary/aromatic N) is 2. The molecule has 1 atom stereocenters. The summed E-state index contributed by atoms with van der Waals surface area (Å²) >= 11 is 0. The molecule has 2 N–H and O–H groups in total. The predicted octanol–water partition coefficient (Wildman–Crippen LogP) is 1.78. The van der Waals surface area contributed by atoms with E-state index in [1.165, 1.54) is 5.56 Å². The molecule has 1 aromatic rings. The third kappa shape index (κ3) is 6.29. The van der Waals surface area contributed by atoms with Gasteiger partial charge in [-0.25, -0.2) is 0 Å². The molecule has 0 radical (unpaired) electrons. The van der Waals surface area contributed by atoms with Crippen LogP contribution in [0.15, 0.2) is 35.3 Å². The van der Waals surface area contributed by atoms with E-state index in [-0.39, 0.29) is 11.9 Å². The smallest absolute Gasteiger partial charge is 0.223 e. The average molecular weight is 290 g/mol. The lowest BCUT2D eigenvalue weighted by atomic mass is 10.1. The fourth-order valence-corrected chi connectivity index (χ4v) is 1.84. The summed E-state index contributed by atoms with van der Waals surface area (Å²) in [5.41, 5.74) is 1.20. The van der Waals surface area contributed by atoms with Gasteiger partial charge in [-0.2, -0.15) is 0 Å². The zero-order valence-electron chi connectivity index (χ0n) is 13.4. The first-order chi connectivity index (χ1) is 10.0. The summed E-state index contributed by atoms with van der Waals surface area (Å²) in [5.74, 6) is 0.825. The highest BCUT2D eigenvalue weighted by molar-refractivity contribution is 5.81. The Morgan fingerprint density at radius 1 is 1.29 bits per heavy atom. The van der Waals surface area contributed by atoms with Crippen LogP contribution in [-0.2, 0) is 4.79 Å². The molecule has 5 nitrogen and oxygen atoms in total. The van der Waals surface area contributed by atoms with Gasteiger partial charge in [-0.1, -0.05) is 30.3 Å². The van der Waals surface area contributed by atoms with Crippen molar-refractivity contribution in [3.05, 3.63) is 35.9 Å². The Bertz CT molecular complexity index is 457. The van der Waals surface area contributed by atoms with Crippen LogP contribution < -0.4 is 10.6 Å². The molecule has 1 unspecified atom stereocenters. The number of nitrogens with one attached hydrogen (secondary N) is 2. The van der Waals surface area contributed by atoms with Crippen molar-refractivity contribution in [3.8, 4) is 0 Å². The molecule has 0 aliphatic rings. The van der Waals surface area contributed by atoms with Gasteiger partial charge in [0.2, 0.25) is 5.91 Å². The average Bonchev–Trinajstić information content (AvgIpc) is 2.48. The van der Waals surface area contributed by atoms with Crippen molar-refractivity contribution in [2.45, 2.75) is 26.3 Å². The van der Waals surface area contributed by atoms with Gasteiger partial charge in [0.25, 0.3) is 0 Å². The third-order valence-corrected chi connectivity index (χ3v) is 3.09. The van der Waals surface area contributed by atoms with Gasteiger partial charge in [-0.05, 0) is 19.4 Å². The Morgan fingerprint density at radius 2 is 1.95 bits per heavy atom. The summed E-state index contributed by atoms with van der Waals surface area (Å²) in [6, 6.07) is 10.4. The lowest BCUT2D eigenvalue weighted by Crippen LogP contribution is -2.39. The molecule has 0 aliphatic carbocycles. The Hall–Kier alpha value is -2.04. The topological polar surface area (TPSA) is 56.7 Å². The molecule has 21 heavy (non-hydrogen) atoms. The SMILES string of the molecule is CCNC(=NCCC(=O)N(C)C)NC(C)c1ccccc1. The first-order valence-corrected chi connectivity index (χ1v) is 7.34. The molecule has 1 aromatic carbocycles. The number of hydrogen-bond acceptors (Lipinski definition) is 2. The van der Waals surface area contributed by atoms with Gasteiger partial charge in [0, 0.05) is 27.1 Å².